The third-order valence-corrected chi connectivity index (χ3v) is 3.08. The highest BCUT2D eigenvalue weighted by molar-refractivity contribution is 5.31. The molecule has 0 heterocycles. The molecule has 1 fully saturated rings. The molecule has 0 spiro atoms. The van der Waals surface area contributed by atoms with E-state index < -0.39 is 0 Å². The van der Waals surface area contributed by atoms with E-state index in [0.29, 0.717) is 6.61 Å². The van der Waals surface area contributed by atoms with Gasteiger partial charge in [-0.25, -0.2) is 4.39 Å². The van der Waals surface area contributed by atoms with Crippen molar-refractivity contribution in [3.8, 4) is 0 Å². The van der Waals surface area contributed by atoms with Crippen LogP contribution in [0.15, 0.2) is 24.3 Å². The minimum atomic E-state index is -0.150. The Balaban J connectivity index is 2.11. The maximum absolute atomic E-state index is 13.7. The van der Waals surface area contributed by atoms with Crippen LogP contribution in [0, 0.1) is 5.82 Å². The summed E-state index contributed by atoms with van der Waals surface area (Å²) in [5.74, 6) is -0.114. The van der Waals surface area contributed by atoms with Gasteiger partial charge in [0.25, 0.3) is 0 Å². The molecular weight excluding hydrogens is 205 g/mol. The molecule has 88 valence electrons. The van der Waals surface area contributed by atoms with Gasteiger partial charge in [-0.2, -0.15) is 0 Å². The van der Waals surface area contributed by atoms with Crippen LogP contribution in [0.1, 0.15) is 25.3 Å². The lowest BCUT2D eigenvalue weighted by Crippen LogP contribution is -2.39. The molecule has 2 nitrogen and oxygen atoms in total. The number of hydrogen-bond acceptors (Lipinski definition) is 2. The number of benzene rings is 1. The van der Waals surface area contributed by atoms with Gasteiger partial charge in [-0.3, -0.25) is 0 Å². The van der Waals surface area contributed by atoms with E-state index in [0.717, 1.165) is 18.4 Å². The van der Waals surface area contributed by atoms with Crippen LogP contribution in [-0.2, 0) is 10.3 Å². The number of rotatable bonds is 5. The highest BCUT2D eigenvalue weighted by Gasteiger charge is 2.46. The number of nitrogens with one attached hydrogen (secondary N) is 1. The summed E-state index contributed by atoms with van der Waals surface area (Å²) in [6, 6.07) is 7.26. The predicted octanol–water partition coefficient (Wildman–Crippen LogP) is 2.44. The number of methoxy groups -OCH3 is 1. The van der Waals surface area contributed by atoms with Gasteiger partial charge in [0, 0.05) is 24.3 Å². The van der Waals surface area contributed by atoms with E-state index in [1.54, 1.807) is 13.2 Å². The Morgan fingerprint density at radius 1 is 1.44 bits per heavy atom. The summed E-state index contributed by atoms with van der Waals surface area (Å²) in [7, 11) is 1.68. The fourth-order valence-corrected chi connectivity index (χ4v) is 2.23. The van der Waals surface area contributed by atoms with Crippen molar-refractivity contribution in [2.45, 2.75) is 31.3 Å². The molecule has 1 atom stereocenters. The van der Waals surface area contributed by atoms with Crippen molar-refractivity contribution in [3.05, 3.63) is 35.6 Å². The maximum Gasteiger partial charge on any atom is 0.128 e. The zero-order chi connectivity index (χ0) is 11.6. The van der Waals surface area contributed by atoms with Crippen LogP contribution < -0.4 is 5.32 Å². The van der Waals surface area contributed by atoms with Crippen molar-refractivity contribution >= 4 is 0 Å². The second-order valence-electron chi connectivity index (χ2n) is 4.56. The largest absolute Gasteiger partial charge is 0.383 e. The van der Waals surface area contributed by atoms with E-state index in [1.807, 2.05) is 12.1 Å². The molecule has 1 aromatic carbocycles. The Morgan fingerprint density at radius 3 is 2.69 bits per heavy atom. The Bertz CT molecular complexity index is 363. The van der Waals surface area contributed by atoms with E-state index in [4.69, 9.17) is 4.74 Å². The van der Waals surface area contributed by atoms with E-state index in [9.17, 15) is 4.39 Å². The van der Waals surface area contributed by atoms with Gasteiger partial charge in [-0.1, -0.05) is 18.2 Å². The fourth-order valence-electron chi connectivity index (χ4n) is 2.23. The zero-order valence-corrected chi connectivity index (χ0v) is 9.79. The van der Waals surface area contributed by atoms with Crippen LogP contribution in [0.5, 0.6) is 0 Å². The van der Waals surface area contributed by atoms with Crippen molar-refractivity contribution in [3.63, 3.8) is 0 Å². The molecule has 1 aromatic rings. The average molecular weight is 223 g/mol. The molecule has 0 radical (unpaired) electrons. The highest BCUT2D eigenvalue weighted by atomic mass is 19.1. The third-order valence-electron chi connectivity index (χ3n) is 3.08. The average Bonchev–Trinajstić information content (AvgIpc) is 2.99. The normalized spacial score (nSPS) is 19.4. The second kappa shape index (κ2) is 4.52. The molecule has 0 saturated heterocycles. The molecular formula is C13H18FNO. The lowest BCUT2D eigenvalue weighted by molar-refractivity contribution is 0.164. The van der Waals surface area contributed by atoms with Crippen LogP contribution in [0.4, 0.5) is 4.39 Å². The first kappa shape index (κ1) is 11.6. The van der Waals surface area contributed by atoms with Crippen molar-refractivity contribution < 1.29 is 9.13 Å². The van der Waals surface area contributed by atoms with E-state index in [2.05, 4.69) is 12.2 Å². The van der Waals surface area contributed by atoms with Crippen LogP contribution in [0.25, 0.3) is 0 Å². The molecule has 2 rings (SSSR count). The van der Waals surface area contributed by atoms with Crippen LogP contribution >= 0.6 is 0 Å². The van der Waals surface area contributed by atoms with Gasteiger partial charge < -0.3 is 10.1 Å². The quantitative estimate of drug-likeness (QED) is 0.827. The van der Waals surface area contributed by atoms with Gasteiger partial charge in [0.2, 0.25) is 0 Å². The van der Waals surface area contributed by atoms with Crippen LogP contribution in [-0.4, -0.2) is 19.8 Å². The summed E-state index contributed by atoms with van der Waals surface area (Å²) >= 11 is 0. The monoisotopic (exact) mass is 223 g/mol. The Hall–Kier alpha value is -0.930. The van der Waals surface area contributed by atoms with Gasteiger partial charge >= 0.3 is 0 Å². The van der Waals surface area contributed by atoms with Gasteiger partial charge in [0.05, 0.1) is 6.61 Å². The predicted molar refractivity (Wildman–Crippen MR) is 61.8 cm³/mol. The van der Waals surface area contributed by atoms with Gasteiger partial charge in [0.1, 0.15) is 5.82 Å². The third kappa shape index (κ3) is 2.25. The first-order chi connectivity index (χ1) is 7.68. The summed E-state index contributed by atoms with van der Waals surface area (Å²) in [6.07, 6.45) is 2.00. The molecule has 1 unspecified atom stereocenters. The maximum atomic E-state index is 13.7. The summed E-state index contributed by atoms with van der Waals surface area (Å²) in [6.45, 7) is 2.71. The summed E-state index contributed by atoms with van der Waals surface area (Å²) in [5, 5.41) is 3.46. The molecule has 1 aliphatic carbocycles. The summed E-state index contributed by atoms with van der Waals surface area (Å²) in [4.78, 5) is 0. The molecule has 1 N–H and O–H groups in total. The molecule has 0 bridgehead atoms. The molecule has 1 aliphatic rings. The van der Waals surface area contributed by atoms with E-state index in [1.165, 1.54) is 6.07 Å². The lowest BCUT2D eigenvalue weighted by atomic mass is 10.0. The van der Waals surface area contributed by atoms with E-state index in [-0.39, 0.29) is 17.4 Å². The van der Waals surface area contributed by atoms with Gasteiger partial charge in [-0.05, 0) is 25.8 Å². The first-order valence-corrected chi connectivity index (χ1v) is 5.69. The SMILES string of the molecule is COCC(C)NC1(c2ccccc2F)CC1. The fraction of sp³-hybridized carbons (Fsp3) is 0.538. The molecule has 0 amide bonds. The minimum absolute atomic E-state index is 0.114. The van der Waals surface area contributed by atoms with E-state index >= 15 is 0 Å². The number of hydrogen-bond donors (Lipinski definition) is 1. The number of ether oxygens (including phenoxy) is 1. The molecule has 1 saturated carbocycles. The lowest BCUT2D eigenvalue weighted by Gasteiger charge is -2.23. The summed E-state index contributed by atoms with van der Waals surface area (Å²) < 4.78 is 18.8. The Kier molecular flexibility index (Phi) is 3.26. The van der Waals surface area contributed by atoms with Gasteiger partial charge in [-0.15, -0.1) is 0 Å². The van der Waals surface area contributed by atoms with Gasteiger partial charge in [0.15, 0.2) is 0 Å². The highest BCUT2D eigenvalue weighted by Crippen LogP contribution is 2.46. The first-order valence-electron chi connectivity index (χ1n) is 5.69. The van der Waals surface area contributed by atoms with Crippen LogP contribution in [0.2, 0.25) is 0 Å². The second-order valence-corrected chi connectivity index (χ2v) is 4.56. The number of halogens is 1. The topological polar surface area (TPSA) is 21.3 Å². The summed E-state index contributed by atoms with van der Waals surface area (Å²) in [5.41, 5.74) is 0.640. The molecule has 3 heteroatoms. The van der Waals surface area contributed by atoms with Crippen molar-refractivity contribution in [2.24, 2.45) is 0 Å². The van der Waals surface area contributed by atoms with Crippen molar-refractivity contribution in [1.82, 2.24) is 5.32 Å². The Labute approximate surface area is 95.8 Å². The smallest absolute Gasteiger partial charge is 0.128 e. The zero-order valence-electron chi connectivity index (χ0n) is 9.79. The van der Waals surface area contributed by atoms with Crippen molar-refractivity contribution in [2.75, 3.05) is 13.7 Å². The standard InChI is InChI=1S/C13H18FNO/c1-10(9-16-2)15-13(7-8-13)11-5-3-4-6-12(11)14/h3-6,10,15H,7-9H2,1-2H3. The van der Waals surface area contributed by atoms with Crippen LogP contribution in [0.3, 0.4) is 0 Å². The molecule has 0 aliphatic heterocycles. The van der Waals surface area contributed by atoms with Crippen molar-refractivity contribution in [1.29, 1.82) is 0 Å². The molecule has 0 aromatic heterocycles. The minimum Gasteiger partial charge on any atom is -0.383 e. The molecule has 16 heavy (non-hydrogen) atoms. The Morgan fingerprint density at radius 2 is 2.12 bits per heavy atom.